The molecule has 0 aromatic carbocycles. The summed E-state index contributed by atoms with van der Waals surface area (Å²) in [6, 6.07) is 0. The molecule has 0 saturated carbocycles. The van der Waals surface area contributed by atoms with Crippen molar-refractivity contribution < 1.29 is 23.9 Å². The lowest BCUT2D eigenvalue weighted by Gasteiger charge is -2.41. The number of cyclic esters (lactones) is 1. The molecule has 0 amide bonds. The van der Waals surface area contributed by atoms with Gasteiger partial charge in [0.1, 0.15) is 6.29 Å². The smallest absolute Gasteiger partial charge is 0.312 e. The molecule has 148 valence electrons. The van der Waals surface area contributed by atoms with Crippen molar-refractivity contribution in [3.8, 4) is 0 Å². The van der Waals surface area contributed by atoms with E-state index in [1.54, 1.807) is 0 Å². The van der Waals surface area contributed by atoms with E-state index in [0.29, 0.717) is 18.4 Å². The fourth-order valence-electron chi connectivity index (χ4n) is 3.99. The molecule has 1 saturated heterocycles. The zero-order valence-electron chi connectivity index (χ0n) is 16.7. The van der Waals surface area contributed by atoms with E-state index in [1.807, 2.05) is 19.9 Å². The molecule has 5 heteroatoms. The van der Waals surface area contributed by atoms with Gasteiger partial charge >= 0.3 is 11.9 Å². The van der Waals surface area contributed by atoms with Crippen LogP contribution in [-0.4, -0.2) is 24.5 Å². The van der Waals surface area contributed by atoms with Gasteiger partial charge < -0.3 is 9.47 Å². The topological polar surface area (TPSA) is 69.7 Å². The number of esters is 2. The summed E-state index contributed by atoms with van der Waals surface area (Å²) < 4.78 is 10.8. The summed E-state index contributed by atoms with van der Waals surface area (Å²) in [4.78, 5) is 36.1. The third-order valence-electron chi connectivity index (χ3n) is 5.33. The predicted molar refractivity (Wildman–Crippen MR) is 103 cm³/mol. The molecule has 1 fully saturated rings. The largest absolute Gasteiger partial charge is 0.425 e. The lowest BCUT2D eigenvalue weighted by Crippen LogP contribution is -2.48. The maximum Gasteiger partial charge on any atom is 0.312 e. The Balaban J connectivity index is 2.40. The number of aldehydes is 1. The number of carbonyl (C=O) groups excluding carboxylic acids is 3. The number of hydrogen-bond donors (Lipinski definition) is 0. The van der Waals surface area contributed by atoms with E-state index in [0.717, 1.165) is 25.5 Å². The minimum atomic E-state index is -1.03. The van der Waals surface area contributed by atoms with Crippen LogP contribution >= 0.6 is 0 Å². The second-order valence-electron chi connectivity index (χ2n) is 7.72. The lowest BCUT2D eigenvalue weighted by molar-refractivity contribution is -0.217. The number of ether oxygens (including phenoxy) is 2. The van der Waals surface area contributed by atoms with Gasteiger partial charge in [-0.2, -0.15) is 0 Å². The highest BCUT2D eigenvalue weighted by molar-refractivity contribution is 5.78. The predicted octanol–water partition coefficient (Wildman–Crippen LogP) is 4.28. The van der Waals surface area contributed by atoms with Gasteiger partial charge in [-0.15, -0.1) is 0 Å². The van der Waals surface area contributed by atoms with Crippen LogP contribution in [-0.2, 0) is 23.9 Å². The van der Waals surface area contributed by atoms with Crippen molar-refractivity contribution in [3.05, 3.63) is 34.9 Å². The Labute approximate surface area is 161 Å². The van der Waals surface area contributed by atoms with E-state index in [1.165, 1.54) is 18.1 Å². The number of fused-ring (bicyclic) bond motifs is 1. The molecule has 0 spiro atoms. The fraction of sp³-hybridized carbons (Fsp3) is 0.591. The third-order valence-corrected chi connectivity index (χ3v) is 5.33. The van der Waals surface area contributed by atoms with Crippen LogP contribution in [0.3, 0.4) is 0 Å². The van der Waals surface area contributed by atoms with Crippen LogP contribution in [0.4, 0.5) is 0 Å². The maximum absolute atomic E-state index is 12.7. The van der Waals surface area contributed by atoms with E-state index in [2.05, 4.69) is 19.1 Å². The molecule has 1 aliphatic carbocycles. The van der Waals surface area contributed by atoms with Crippen LogP contribution < -0.4 is 0 Å². The second kappa shape index (κ2) is 9.67. The molecule has 2 rings (SSSR count). The van der Waals surface area contributed by atoms with Crippen molar-refractivity contribution in [3.63, 3.8) is 0 Å². The highest BCUT2D eigenvalue weighted by atomic mass is 16.7. The van der Waals surface area contributed by atoms with Crippen LogP contribution in [0.5, 0.6) is 0 Å². The van der Waals surface area contributed by atoms with Crippen LogP contribution in [0.25, 0.3) is 0 Å². The summed E-state index contributed by atoms with van der Waals surface area (Å²) in [6.07, 6.45) is 9.54. The Morgan fingerprint density at radius 3 is 2.67 bits per heavy atom. The van der Waals surface area contributed by atoms with E-state index < -0.39 is 18.2 Å². The fourth-order valence-corrected chi connectivity index (χ4v) is 3.99. The van der Waals surface area contributed by atoms with Gasteiger partial charge in [0, 0.05) is 6.92 Å². The highest BCUT2D eigenvalue weighted by Crippen LogP contribution is 2.43. The van der Waals surface area contributed by atoms with Crippen molar-refractivity contribution >= 4 is 18.2 Å². The van der Waals surface area contributed by atoms with Gasteiger partial charge in [-0.1, -0.05) is 29.4 Å². The first-order chi connectivity index (χ1) is 12.8. The summed E-state index contributed by atoms with van der Waals surface area (Å²) in [5, 5.41) is 0. The third kappa shape index (κ3) is 5.65. The summed E-state index contributed by atoms with van der Waals surface area (Å²) in [5.41, 5.74) is 3.00. The molecule has 0 aromatic heterocycles. The average molecular weight is 374 g/mol. The van der Waals surface area contributed by atoms with Crippen molar-refractivity contribution in [2.75, 3.05) is 0 Å². The zero-order chi connectivity index (χ0) is 20.0. The Bertz CT molecular complexity index is 666. The molecule has 0 aromatic rings. The Kier molecular flexibility index (Phi) is 7.57. The number of allylic oxidation sites excluding steroid dienone is 5. The molecule has 4 unspecified atom stereocenters. The van der Waals surface area contributed by atoms with Crippen molar-refractivity contribution in [1.82, 2.24) is 0 Å². The molecular formula is C22H30O5. The zero-order valence-corrected chi connectivity index (χ0v) is 16.7. The van der Waals surface area contributed by atoms with Gasteiger partial charge in [0.05, 0.1) is 11.8 Å². The van der Waals surface area contributed by atoms with E-state index in [9.17, 15) is 14.4 Å². The standard InChI is InChI=1S/C22H30O5/c1-14(2)7-5-10-19-18-12-11-15(3)8-6-9-17(13-23)20(18)22(26-16(4)24)27-21(19)25/h7-9,13,18-20,22H,5-6,10-12H2,1-4H3. The summed E-state index contributed by atoms with van der Waals surface area (Å²) in [5.74, 6) is -1.68. The molecule has 5 nitrogen and oxygen atoms in total. The molecule has 0 N–H and O–H groups in total. The van der Waals surface area contributed by atoms with Gasteiger partial charge in [-0.25, -0.2) is 0 Å². The Morgan fingerprint density at radius 2 is 2.04 bits per heavy atom. The first-order valence-corrected chi connectivity index (χ1v) is 9.65. The molecule has 0 bridgehead atoms. The lowest BCUT2D eigenvalue weighted by atomic mass is 9.71. The first-order valence-electron chi connectivity index (χ1n) is 9.65. The molecule has 0 radical (unpaired) electrons. The van der Waals surface area contributed by atoms with Crippen LogP contribution in [0.2, 0.25) is 0 Å². The molecular weight excluding hydrogens is 344 g/mol. The van der Waals surface area contributed by atoms with Crippen LogP contribution in [0.15, 0.2) is 34.9 Å². The Hall–Kier alpha value is -2.17. The molecule has 1 heterocycles. The normalized spacial score (nSPS) is 28.2. The minimum absolute atomic E-state index is 0.0981. The van der Waals surface area contributed by atoms with Crippen LogP contribution in [0.1, 0.15) is 59.8 Å². The van der Waals surface area contributed by atoms with Crippen molar-refractivity contribution in [1.29, 1.82) is 0 Å². The second-order valence-corrected chi connectivity index (χ2v) is 7.72. The Morgan fingerprint density at radius 1 is 1.30 bits per heavy atom. The maximum atomic E-state index is 12.7. The summed E-state index contributed by atoms with van der Waals surface area (Å²) in [6.45, 7) is 7.41. The highest BCUT2D eigenvalue weighted by Gasteiger charge is 2.48. The molecule has 4 atom stereocenters. The van der Waals surface area contributed by atoms with E-state index >= 15 is 0 Å². The van der Waals surface area contributed by atoms with Gasteiger partial charge in [0.25, 0.3) is 6.29 Å². The first kappa shape index (κ1) is 21.1. The van der Waals surface area contributed by atoms with Gasteiger partial charge in [0.15, 0.2) is 0 Å². The van der Waals surface area contributed by atoms with E-state index in [-0.39, 0.29) is 17.8 Å². The SMILES string of the molecule is CC(=O)OC1OC(=O)C(CCC=C(C)C)C2CCC(C)=CCC=C(C=O)C12. The monoisotopic (exact) mass is 374 g/mol. The van der Waals surface area contributed by atoms with Gasteiger partial charge in [-0.05, 0) is 64.4 Å². The van der Waals surface area contributed by atoms with Crippen LogP contribution in [0, 0.1) is 17.8 Å². The van der Waals surface area contributed by atoms with Crippen molar-refractivity contribution in [2.45, 2.75) is 66.1 Å². The summed E-state index contributed by atoms with van der Waals surface area (Å²) >= 11 is 0. The molecule has 27 heavy (non-hydrogen) atoms. The molecule has 2 aliphatic rings. The number of carbonyl (C=O) groups is 3. The molecule has 1 aliphatic heterocycles. The minimum Gasteiger partial charge on any atom is -0.425 e. The average Bonchev–Trinajstić information content (AvgIpc) is 2.66. The number of rotatable bonds is 5. The van der Waals surface area contributed by atoms with Gasteiger partial charge in [0.2, 0.25) is 0 Å². The van der Waals surface area contributed by atoms with Crippen molar-refractivity contribution in [2.24, 2.45) is 17.8 Å². The van der Waals surface area contributed by atoms with Gasteiger partial charge in [-0.3, -0.25) is 14.4 Å². The number of hydrogen-bond acceptors (Lipinski definition) is 5. The quantitative estimate of drug-likeness (QED) is 0.408. The van der Waals surface area contributed by atoms with E-state index in [4.69, 9.17) is 9.47 Å². The summed E-state index contributed by atoms with van der Waals surface area (Å²) in [7, 11) is 0.